The van der Waals surface area contributed by atoms with Crippen LogP contribution in [-0.4, -0.2) is 23.9 Å². The third-order valence-corrected chi connectivity index (χ3v) is 3.11. The lowest BCUT2D eigenvalue weighted by atomic mass is 10.2. The zero-order valence-corrected chi connectivity index (χ0v) is 11.4. The summed E-state index contributed by atoms with van der Waals surface area (Å²) in [5.74, 6) is 0.745. The molecule has 1 rings (SSSR count). The van der Waals surface area contributed by atoms with E-state index in [4.69, 9.17) is 11.6 Å². The molecule has 1 aromatic rings. The van der Waals surface area contributed by atoms with Gasteiger partial charge in [-0.15, -0.1) is 11.6 Å². The minimum atomic E-state index is 0.745. The molecule has 0 N–H and O–H groups in total. The lowest BCUT2D eigenvalue weighted by Gasteiger charge is -2.19. The summed E-state index contributed by atoms with van der Waals surface area (Å²) in [6, 6.07) is 8.46. The summed E-state index contributed by atoms with van der Waals surface area (Å²) in [5, 5.41) is 0. The Morgan fingerprint density at radius 1 is 1.40 bits per heavy atom. The van der Waals surface area contributed by atoms with E-state index >= 15 is 0 Å². The molecule has 0 saturated carbocycles. The van der Waals surface area contributed by atoms with Crippen molar-refractivity contribution in [3.8, 4) is 0 Å². The summed E-state index contributed by atoms with van der Waals surface area (Å²) in [7, 11) is 0. The van der Waals surface area contributed by atoms with Crippen LogP contribution >= 0.6 is 27.5 Å². The van der Waals surface area contributed by atoms with Crippen molar-refractivity contribution in [1.82, 2.24) is 4.90 Å². The topological polar surface area (TPSA) is 3.24 Å². The average Bonchev–Trinajstić information content (AvgIpc) is 2.24. The highest BCUT2D eigenvalue weighted by molar-refractivity contribution is 9.10. The van der Waals surface area contributed by atoms with Crippen molar-refractivity contribution >= 4 is 27.5 Å². The van der Waals surface area contributed by atoms with Crippen LogP contribution in [0.3, 0.4) is 0 Å². The second-order valence-corrected chi connectivity index (χ2v) is 4.83. The van der Waals surface area contributed by atoms with Gasteiger partial charge in [-0.05, 0) is 37.2 Å². The molecule has 84 valence electrons. The summed E-state index contributed by atoms with van der Waals surface area (Å²) in [6.07, 6.45) is 1.06. The van der Waals surface area contributed by atoms with Gasteiger partial charge in [-0.1, -0.05) is 35.0 Å². The Hall–Kier alpha value is -0.0500. The van der Waals surface area contributed by atoms with E-state index in [0.29, 0.717) is 0 Å². The largest absolute Gasteiger partial charge is 0.299 e. The van der Waals surface area contributed by atoms with Gasteiger partial charge in [-0.3, -0.25) is 4.90 Å². The van der Waals surface area contributed by atoms with Crippen molar-refractivity contribution in [3.63, 3.8) is 0 Å². The monoisotopic (exact) mass is 289 g/mol. The molecule has 0 radical (unpaired) electrons. The maximum absolute atomic E-state index is 5.70. The molecule has 0 atom stereocenters. The Labute approximate surface area is 106 Å². The molecule has 0 aliphatic heterocycles. The second kappa shape index (κ2) is 7.26. The number of nitrogens with zero attached hydrogens (tertiary/aromatic N) is 1. The van der Waals surface area contributed by atoms with Crippen LogP contribution < -0.4 is 0 Å². The predicted molar refractivity (Wildman–Crippen MR) is 70.4 cm³/mol. The average molecular weight is 291 g/mol. The molecule has 0 aromatic heterocycles. The molecular weight excluding hydrogens is 273 g/mol. The summed E-state index contributed by atoms with van der Waals surface area (Å²) in [4.78, 5) is 2.41. The van der Waals surface area contributed by atoms with Crippen molar-refractivity contribution in [2.45, 2.75) is 19.9 Å². The fraction of sp³-hybridized carbons (Fsp3) is 0.500. The Morgan fingerprint density at radius 3 is 2.80 bits per heavy atom. The first kappa shape index (κ1) is 13.0. The predicted octanol–water partition coefficient (Wildman–Crippen LogP) is 3.90. The van der Waals surface area contributed by atoms with Gasteiger partial charge in [0.25, 0.3) is 0 Å². The van der Waals surface area contributed by atoms with Gasteiger partial charge in [0.2, 0.25) is 0 Å². The molecule has 0 bridgehead atoms. The molecule has 1 nitrogen and oxygen atoms in total. The maximum Gasteiger partial charge on any atom is 0.0235 e. The smallest absolute Gasteiger partial charge is 0.0235 e. The molecule has 3 heteroatoms. The summed E-state index contributed by atoms with van der Waals surface area (Å²) >= 11 is 9.18. The van der Waals surface area contributed by atoms with E-state index in [1.54, 1.807) is 0 Å². The van der Waals surface area contributed by atoms with Crippen LogP contribution in [0.4, 0.5) is 0 Å². The van der Waals surface area contributed by atoms with Gasteiger partial charge in [0.1, 0.15) is 0 Å². The van der Waals surface area contributed by atoms with Crippen molar-refractivity contribution in [2.24, 2.45) is 0 Å². The first-order valence-electron chi connectivity index (χ1n) is 5.29. The van der Waals surface area contributed by atoms with Gasteiger partial charge in [-0.2, -0.15) is 0 Å². The minimum Gasteiger partial charge on any atom is -0.299 e. The molecular formula is C12H17BrClN. The van der Waals surface area contributed by atoms with E-state index in [0.717, 1.165) is 36.4 Å². The third kappa shape index (κ3) is 5.01. The van der Waals surface area contributed by atoms with E-state index in [9.17, 15) is 0 Å². The van der Waals surface area contributed by atoms with Gasteiger partial charge >= 0.3 is 0 Å². The summed E-state index contributed by atoms with van der Waals surface area (Å²) < 4.78 is 1.15. The van der Waals surface area contributed by atoms with Crippen LogP contribution in [0, 0.1) is 0 Å². The van der Waals surface area contributed by atoms with Gasteiger partial charge in [-0.25, -0.2) is 0 Å². The second-order valence-electron chi connectivity index (χ2n) is 3.54. The number of hydrogen-bond acceptors (Lipinski definition) is 1. The quantitative estimate of drug-likeness (QED) is 0.718. The number of alkyl halides is 1. The molecule has 0 fully saturated rings. The highest BCUT2D eigenvalue weighted by Gasteiger charge is 2.03. The van der Waals surface area contributed by atoms with Crippen LogP contribution in [-0.2, 0) is 6.54 Å². The third-order valence-electron chi connectivity index (χ3n) is 2.35. The van der Waals surface area contributed by atoms with Crippen LogP contribution in [0.25, 0.3) is 0 Å². The van der Waals surface area contributed by atoms with Crippen LogP contribution in [0.15, 0.2) is 28.7 Å². The van der Waals surface area contributed by atoms with Gasteiger partial charge in [0.15, 0.2) is 0 Å². The first-order valence-corrected chi connectivity index (χ1v) is 6.61. The molecule has 1 aromatic carbocycles. The van der Waals surface area contributed by atoms with E-state index in [1.807, 2.05) is 0 Å². The molecule has 0 amide bonds. The Bertz CT molecular complexity index is 291. The Kier molecular flexibility index (Phi) is 6.30. The molecule has 0 saturated heterocycles. The van der Waals surface area contributed by atoms with Crippen molar-refractivity contribution < 1.29 is 0 Å². The van der Waals surface area contributed by atoms with Crippen LogP contribution in [0.5, 0.6) is 0 Å². The normalized spacial score (nSPS) is 10.9. The van der Waals surface area contributed by atoms with E-state index < -0.39 is 0 Å². The van der Waals surface area contributed by atoms with Gasteiger partial charge in [0.05, 0.1) is 0 Å². The number of halogens is 2. The lowest BCUT2D eigenvalue weighted by molar-refractivity contribution is 0.281. The summed E-state index contributed by atoms with van der Waals surface area (Å²) in [6.45, 7) is 5.34. The number of hydrogen-bond donors (Lipinski definition) is 0. The highest BCUT2D eigenvalue weighted by atomic mass is 79.9. The Morgan fingerprint density at radius 2 is 2.20 bits per heavy atom. The first-order chi connectivity index (χ1) is 7.26. The fourth-order valence-electron chi connectivity index (χ4n) is 1.53. The SMILES string of the molecule is CCN(CCCCl)Cc1cccc(Br)c1. The maximum atomic E-state index is 5.70. The zero-order chi connectivity index (χ0) is 11.1. The minimum absolute atomic E-state index is 0.745. The zero-order valence-electron chi connectivity index (χ0n) is 9.05. The molecule has 0 aliphatic carbocycles. The Balaban J connectivity index is 2.50. The van der Waals surface area contributed by atoms with Crippen LogP contribution in [0.1, 0.15) is 18.9 Å². The molecule has 0 spiro atoms. The van der Waals surface area contributed by atoms with E-state index in [-0.39, 0.29) is 0 Å². The number of rotatable bonds is 6. The highest BCUT2D eigenvalue weighted by Crippen LogP contribution is 2.13. The molecule has 0 unspecified atom stereocenters. The summed E-state index contributed by atoms with van der Waals surface area (Å²) in [5.41, 5.74) is 1.35. The number of benzene rings is 1. The molecule has 0 aliphatic rings. The van der Waals surface area contributed by atoms with E-state index in [2.05, 4.69) is 52.0 Å². The van der Waals surface area contributed by atoms with Crippen molar-refractivity contribution in [1.29, 1.82) is 0 Å². The van der Waals surface area contributed by atoms with Crippen molar-refractivity contribution in [2.75, 3.05) is 19.0 Å². The molecule has 0 heterocycles. The standard InChI is InChI=1S/C12H17BrClN/c1-2-15(8-4-7-14)10-11-5-3-6-12(13)9-11/h3,5-6,9H,2,4,7-8,10H2,1H3. The lowest BCUT2D eigenvalue weighted by Crippen LogP contribution is -2.24. The molecule has 15 heavy (non-hydrogen) atoms. The van der Waals surface area contributed by atoms with E-state index in [1.165, 1.54) is 5.56 Å². The van der Waals surface area contributed by atoms with Crippen LogP contribution in [0.2, 0.25) is 0 Å². The fourth-order valence-corrected chi connectivity index (χ4v) is 2.09. The van der Waals surface area contributed by atoms with Crippen molar-refractivity contribution in [3.05, 3.63) is 34.3 Å². The van der Waals surface area contributed by atoms with Gasteiger partial charge < -0.3 is 0 Å². The van der Waals surface area contributed by atoms with Gasteiger partial charge in [0, 0.05) is 16.9 Å².